The van der Waals surface area contributed by atoms with Crippen molar-refractivity contribution >= 4 is 34.5 Å². The van der Waals surface area contributed by atoms with Gasteiger partial charge in [0.15, 0.2) is 5.82 Å². The molecule has 0 saturated carbocycles. The monoisotopic (exact) mass is 446 g/mol. The molecule has 1 saturated heterocycles. The Kier molecular flexibility index (Phi) is 7.54. The Bertz CT molecular complexity index is 1140. The Hall–Kier alpha value is -3.43. The minimum atomic E-state index is 0.370. The first kappa shape index (κ1) is 22.8. The molecule has 1 aliphatic heterocycles. The lowest BCUT2D eigenvalue weighted by Crippen LogP contribution is -2.37. The second-order valence-electron chi connectivity index (χ2n) is 8.22. The van der Waals surface area contributed by atoms with E-state index in [1.807, 2.05) is 24.3 Å². The van der Waals surface area contributed by atoms with Gasteiger partial charge in [-0.15, -0.1) is 5.10 Å². The Morgan fingerprint density at radius 2 is 2.03 bits per heavy atom. The van der Waals surface area contributed by atoms with Crippen molar-refractivity contribution in [3.05, 3.63) is 54.0 Å². The fourth-order valence-corrected chi connectivity index (χ4v) is 3.52. The molecule has 0 bridgehead atoms. The van der Waals surface area contributed by atoms with E-state index in [1.165, 1.54) is 0 Å². The molecular weight excluding hydrogens is 416 g/mol. The molecule has 9 heteroatoms. The minimum absolute atomic E-state index is 0.370. The molecule has 0 spiro atoms. The number of rotatable bonds is 8. The number of nitrogens with zero attached hydrogens (tertiary/aromatic N) is 6. The second-order valence-corrected chi connectivity index (χ2v) is 8.22. The van der Waals surface area contributed by atoms with Crippen LogP contribution < -0.4 is 11.1 Å². The van der Waals surface area contributed by atoms with Gasteiger partial charge in [-0.3, -0.25) is 14.9 Å². The summed E-state index contributed by atoms with van der Waals surface area (Å²) in [6.07, 6.45) is 6.93. The third kappa shape index (κ3) is 6.09. The van der Waals surface area contributed by atoms with Crippen LogP contribution in [0, 0.1) is 0 Å². The van der Waals surface area contributed by atoms with Gasteiger partial charge < -0.3 is 15.8 Å². The van der Waals surface area contributed by atoms with Gasteiger partial charge in [0.05, 0.1) is 37.0 Å². The summed E-state index contributed by atoms with van der Waals surface area (Å²) in [5.74, 6) is 1.70. The van der Waals surface area contributed by atoms with E-state index < -0.39 is 0 Å². The molecule has 0 unspecified atom stereocenters. The molecule has 0 atom stereocenters. The average molecular weight is 447 g/mol. The van der Waals surface area contributed by atoms with E-state index in [1.54, 1.807) is 24.8 Å². The Balaban J connectivity index is 1.46. The van der Waals surface area contributed by atoms with Crippen molar-refractivity contribution in [3.63, 3.8) is 0 Å². The van der Waals surface area contributed by atoms with Crippen molar-refractivity contribution in [2.75, 3.05) is 44.7 Å². The molecule has 0 amide bonds. The lowest BCUT2D eigenvalue weighted by Gasteiger charge is -2.25. The molecule has 4 heterocycles. The van der Waals surface area contributed by atoms with Crippen molar-refractivity contribution in [1.82, 2.24) is 25.1 Å². The molecule has 3 N–H and O–H groups in total. The molecule has 1 aliphatic rings. The highest BCUT2D eigenvalue weighted by atomic mass is 16.5. The molecule has 1 fully saturated rings. The first-order chi connectivity index (χ1) is 16.1. The SMILES string of the molecule is CC(C)c1cnnc(Nc2ccc3ncc(C(C=NCCN4CCOCC4)=CN)cc3n2)c1. The minimum Gasteiger partial charge on any atom is -0.404 e. The Labute approximate surface area is 193 Å². The summed E-state index contributed by atoms with van der Waals surface area (Å²) in [4.78, 5) is 16.2. The fourth-order valence-electron chi connectivity index (χ4n) is 3.52. The maximum Gasteiger partial charge on any atom is 0.154 e. The topological polar surface area (TPSA) is 114 Å². The van der Waals surface area contributed by atoms with Crippen LogP contribution in [0.4, 0.5) is 11.6 Å². The summed E-state index contributed by atoms with van der Waals surface area (Å²) in [5, 5.41) is 11.5. The maximum atomic E-state index is 5.89. The van der Waals surface area contributed by atoms with Crippen LogP contribution in [0.15, 0.2) is 47.9 Å². The highest BCUT2D eigenvalue weighted by Crippen LogP contribution is 2.21. The molecule has 172 valence electrons. The summed E-state index contributed by atoms with van der Waals surface area (Å²) in [6, 6.07) is 7.76. The second kappa shape index (κ2) is 10.9. The van der Waals surface area contributed by atoms with Crippen LogP contribution in [0.5, 0.6) is 0 Å². The number of aliphatic imine (C=N–C) groups is 1. The lowest BCUT2D eigenvalue weighted by atomic mass is 10.1. The smallest absolute Gasteiger partial charge is 0.154 e. The molecule has 4 rings (SSSR count). The van der Waals surface area contributed by atoms with Crippen molar-refractivity contribution < 1.29 is 4.74 Å². The van der Waals surface area contributed by atoms with Crippen molar-refractivity contribution in [2.24, 2.45) is 10.7 Å². The molecular formula is C24H30N8O. The van der Waals surface area contributed by atoms with Crippen LogP contribution >= 0.6 is 0 Å². The van der Waals surface area contributed by atoms with Gasteiger partial charge in [-0.05, 0) is 35.7 Å². The van der Waals surface area contributed by atoms with Gasteiger partial charge in [0.25, 0.3) is 0 Å². The van der Waals surface area contributed by atoms with Gasteiger partial charge >= 0.3 is 0 Å². The summed E-state index contributed by atoms with van der Waals surface area (Å²) in [5.41, 5.74) is 10.2. The molecule has 0 radical (unpaired) electrons. The first-order valence-corrected chi connectivity index (χ1v) is 11.2. The zero-order chi connectivity index (χ0) is 23.0. The summed E-state index contributed by atoms with van der Waals surface area (Å²) < 4.78 is 5.38. The molecule has 9 nitrogen and oxygen atoms in total. The Morgan fingerprint density at radius 1 is 1.18 bits per heavy atom. The van der Waals surface area contributed by atoms with Gasteiger partial charge in [0.1, 0.15) is 5.82 Å². The zero-order valence-electron chi connectivity index (χ0n) is 19.1. The van der Waals surface area contributed by atoms with E-state index in [4.69, 9.17) is 15.5 Å². The number of hydrogen-bond donors (Lipinski definition) is 2. The van der Waals surface area contributed by atoms with E-state index >= 15 is 0 Å². The number of aromatic nitrogens is 4. The standard InChI is InChI=1S/C24H30N8O/c1-17(2)18-12-24(31-28-16-18)30-23-4-3-21-22(29-23)11-19(15-27-21)20(13-25)14-26-5-6-32-7-9-33-10-8-32/h3-4,11-17H,5-10,25H2,1-2H3,(H,29,30,31). The van der Waals surface area contributed by atoms with Gasteiger partial charge in [-0.1, -0.05) is 13.8 Å². The Morgan fingerprint density at radius 3 is 2.82 bits per heavy atom. The summed E-state index contributed by atoms with van der Waals surface area (Å²) in [7, 11) is 0. The van der Waals surface area contributed by atoms with Gasteiger partial charge in [0, 0.05) is 49.4 Å². The van der Waals surface area contributed by atoms with E-state index in [2.05, 4.69) is 44.2 Å². The highest BCUT2D eigenvalue weighted by molar-refractivity contribution is 6.10. The van der Waals surface area contributed by atoms with Crippen molar-refractivity contribution in [2.45, 2.75) is 19.8 Å². The normalized spacial score (nSPS) is 15.5. The van der Waals surface area contributed by atoms with Gasteiger partial charge in [-0.2, -0.15) is 5.10 Å². The fraction of sp³-hybridized carbons (Fsp3) is 0.375. The summed E-state index contributed by atoms with van der Waals surface area (Å²) in [6.45, 7) is 9.36. The number of morpholine rings is 1. The number of nitrogens with one attached hydrogen (secondary N) is 1. The number of fused-ring (bicyclic) bond motifs is 1. The van der Waals surface area contributed by atoms with Crippen molar-refractivity contribution in [3.8, 4) is 0 Å². The third-order valence-corrected chi connectivity index (χ3v) is 5.53. The van der Waals surface area contributed by atoms with Crippen molar-refractivity contribution in [1.29, 1.82) is 0 Å². The number of anilines is 2. The molecule has 3 aromatic heterocycles. The van der Waals surface area contributed by atoms with Crippen LogP contribution in [-0.4, -0.2) is 70.7 Å². The van der Waals surface area contributed by atoms with Crippen LogP contribution in [0.2, 0.25) is 0 Å². The zero-order valence-corrected chi connectivity index (χ0v) is 19.1. The predicted octanol–water partition coefficient (Wildman–Crippen LogP) is 2.99. The molecule has 0 aliphatic carbocycles. The van der Waals surface area contributed by atoms with Crippen LogP contribution in [-0.2, 0) is 4.74 Å². The molecule has 33 heavy (non-hydrogen) atoms. The largest absolute Gasteiger partial charge is 0.404 e. The number of ether oxygens (including phenoxy) is 1. The van der Waals surface area contributed by atoms with Crippen LogP contribution in [0.3, 0.4) is 0 Å². The van der Waals surface area contributed by atoms with E-state index in [-0.39, 0.29) is 0 Å². The van der Waals surface area contributed by atoms with Gasteiger partial charge in [0.2, 0.25) is 0 Å². The number of allylic oxidation sites excluding steroid dienone is 1. The van der Waals surface area contributed by atoms with E-state index in [9.17, 15) is 0 Å². The quantitative estimate of drug-likeness (QED) is 0.508. The highest BCUT2D eigenvalue weighted by Gasteiger charge is 2.09. The number of pyridine rings is 2. The predicted molar refractivity (Wildman–Crippen MR) is 132 cm³/mol. The lowest BCUT2D eigenvalue weighted by molar-refractivity contribution is 0.0395. The van der Waals surface area contributed by atoms with E-state index in [0.29, 0.717) is 24.1 Å². The van der Waals surface area contributed by atoms with Crippen LogP contribution in [0.25, 0.3) is 16.6 Å². The molecule has 0 aromatic carbocycles. The number of hydrogen-bond acceptors (Lipinski definition) is 9. The first-order valence-electron chi connectivity index (χ1n) is 11.2. The third-order valence-electron chi connectivity index (χ3n) is 5.53. The maximum absolute atomic E-state index is 5.89. The average Bonchev–Trinajstić information content (AvgIpc) is 2.84. The van der Waals surface area contributed by atoms with E-state index in [0.717, 1.165) is 60.6 Å². The summed E-state index contributed by atoms with van der Waals surface area (Å²) >= 11 is 0. The van der Waals surface area contributed by atoms with Crippen LogP contribution in [0.1, 0.15) is 30.9 Å². The molecule has 3 aromatic rings. The van der Waals surface area contributed by atoms with Gasteiger partial charge in [-0.25, -0.2) is 4.98 Å². The number of nitrogens with two attached hydrogens (primary N) is 1.